The van der Waals surface area contributed by atoms with Gasteiger partial charge in [0.25, 0.3) is 0 Å². The first kappa shape index (κ1) is 17.2. The number of likely N-dealkylation sites (tertiary alicyclic amines) is 1. The van der Waals surface area contributed by atoms with E-state index in [1.807, 2.05) is 74.5 Å². The van der Waals surface area contributed by atoms with Gasteiger partial charge in [0.2, 0.25) is 11.8 Å². The number of nitrogens with zero attached hydrogens (tertiary/aromatic N) is 1. The summed E-state index contributed by atoms with van der Waals surface area (Å²) in [4.78, 5) is 27.0. The number of benzene rings is 2. The molecule has 1 aliphatic heterocycles. The number of carbonyl (C=O) groups excluding carboxylic acids is 2. The molecule has 0 aromatic heterocycles. The molecule has 1 N–H and O–H groups in total. The Bertz CT molecular complexity index is 745. The molecule has 0 radical (unpaired) electrons. The van der Waals surface area contributed by atoms with E-state index >= 15 is 0 Å². The number of carbonyl (C=O) groups is 2. The fourth-order valence-electron chi connectivity index (χ4n) is 3.31. The summed E-state index contributed by atoms with van der Waals surface area (Å²) in [5, 5.41) is 3.07. The van der Waals surface area contributed by atoms with E-state index in [0.29, 0.717) is 13.1 Å². The molecule has 1 heterocycles. The van der Waals surface area contributed by atoms with Crippen LogP contribution in [0, 0.1) is 5.41 Å². The van der Waals surface area contributed by atoms with Crippen molar-refractivity contribution in [1.82, 2.24) is 10.2 Å². The highest BCUT2D eigenvalue weighted by Crippen LogP contribution is 2.33. The Morgan fingerprint density at radius 2 is 1.72 bits per heavy atom. The molecule has 2 atom stereocenters. The Morgan fingerprint density at radius 1 is 1.12 bits per heavy atom. The molecular formula is C21H24N2O2. The lowest BCUT2D eigenvalue weighted by atomic mass is 9.88. The van der Waals surface area contributed by atoms with Crippen molar-refractivity contribution >= 4 is 11.8 Å². The van der Waals surface area contributed by atoms with Crippen LogP contribution < -0.4 is 5.32 Å². The fraction of sp³-hybridized carbons (Fsp3) is 0.333. The van der Waals surface area contributed by atoms with Crippen LogP contribution in [0.5, 0.6) is 0 Å². The third-order valence-corrected chi connectivity index (χ3v) is 4.85. The SMILES string of the molecule is C[C@H](NC(=O)C1(C)CC(=O)N(Cc2ccccc2)C1)c1ccccc1. The molecule has 2 amide bonds. The van der Waals surface area contributed by atoms with E-state index in [4.69, 9.17) is 0 Å². The lowest BCUT2D eigenvalue weighted by Crippen LogP contribution is -2.41. The molecule has 25 heavy (non-hydrogen) atoms. The van der Waals surface area contributed by atoms with Crippen molar-refractivity contribution in [2.45, 2.75) is 32.9 Å². The molecule has 3 rings (SSSR count). The standard InChI is InChI=1S/C21H24N2O2/c1-16(18-11-7-4-8-12-18)22-20(25)21(2)13-19(24)23(15-21)14-17-9-5-3-6-10-17/h3-12,16H,13-15H2,1-2H3,(H,22,25)/t16-,21?/m0/s1. The third kappa shape index (κ3) is 3.90. The number of hydrogen-bond donors (Lipinski definition) is 1. The molecule has 0 saturated carbocycles. The monoisotopic (exact) mass is 336 g/mol. The van der Waals surface area contributed by atoms with Crippen molar-refractivity contribution in [2.24, 2.45) is 5.41 Å². The van der Waals surface area contributed by atoms with Crippen LogP contribution in [0.1, 0.15) is 37.4 Å². The van der Waals surface area contributed by atoms with E-state index < -0.39 is 5.41 Å². The molecular weight excluding hydrogens is 312 g/mol. The minimum absolute atomic E-state index is 0.0360. The highest BCUT2D eigenvalue weighted by atomic mass is 16.2. The summed E-state index contributed by atoms with van der Waals surface area (Å²) in [7, 11) is 0. The first-order valence-corrected chi connectivity index (χ1v) is 8.65. The second-order valence-electron chi connectivity index (χ2n) is 7.08. The van der Waals surface area contributed by atoms with Crippen molar-refractivity contribution in [2.75, 3.05) is 6.54 Å². The lowest BCUT2D eigenvalue weighted by Gasteiger charge is -2.25. The summed E-state index contributed by atoms with van der Waals surface area (Å²) >= 11 is 0. The molecule has 0 bridgehead atoms. The maximum Gasteiger partial charge on any atom is 0.228 e. The third-order valence-electron chi connectivity index (χ3n) is 4.85. The van der Waals surface area contributed by atoms with Crippen molar-refractivity contribution in [1.29, 1.82) is 0 Å². The lowest BCUT2D eigenvalue weighted by molar-refractivity contribution is -0.132. The first-order chi connectivity index (χ1) is 12.0. The largest absolute Gasteiger partial charge is 0.349 e. The minimum atomic E-state index is -0.686. The van der Waals surface area contributed by atoms with Crippen LogP contribution >= 0.6 is 0 Å². The van der Waals surface area contributed by atoms with Crippen LogP contribution in [0.25, 0.3) is 0 Å². The van der Waals surface area contributed by atoms with Crippen LogP contribution in [0.15, 0.2) is 60.7 Å². The number of nitrogens with one attached hydrogen (secondary N) is 1. The van der Waals surface area contributed by atoms with Crippen LogP contribution in [-0.2, 0) is 16.1 Å². The van der Waals surface area contributed by atoms with Gasteiger partial charge in [-0.3, -0.25) is 9.59 Å². The van der Waals surface area contributed by atoms with Crippen molar-refractivity contribution in [3.8, 4) is 0 Å². The Kier molecular flexibility index (Phi) is 4.88. The van der Waals surface area contributed by atoms with E-state index in [1.54, 1.807) is 4.90 Å². The topological polar surface area (TPSA) is 49.4 Å². The van der Waals surface area contributed by atoms with Crippen molar-refractivity contribution in [3.05, 3.63) is 71.8 Å². The second-order valence-corrected chi connectivity index (χ2v) is 7.08. The molecule has 2 aromatic rings. The molecule has 4 heteroatoms. The van der Waals surface area contributed by atoms with Crippen molar-refractivity contribution < 1.29 is 9.59 Å². The molecule has 130 valence electrons. The summed E-state index contributed by atoms with van der Waals surface area (Å²) in [6.45, 7) is 4.85. The molecule has 1 saturated heterocycles. The van der Waals surface area contributed by atoms with Gasteiger partial charge in [-0.25, -0.2) is 0 Å². The number of rotatable bonds is 5. The molecule has 1 fully saturated rings. The van der Waals surface area contributed by atoms with Gasteiger partial charge in [0, 0.05) is 19.5 Å². The Hall–Kier alpha value is -2.62. The molecule has 1 unspecified atom stereocenters. The predicted molar refractivity (Wildman–Crippen MR) is 97.6 cm³/mol. The molecule has 4 nitrogen and oxygen atoms in total. The van der Waals surface area contributed by atoms with Crippen LogP contribution in [0.3, 0.4) is 0 Å². The summed E-state index contributed by atoms with van der Waals surface area (Å²) < 4.78 is 0. The van der Waals surface area contributed by atoms with Gasteiger partial charge in [-0.1, -0.05) is 60.7 Å². The van der Waals surface area contributed by atoms with Crippen molar-refractivity contribution in [3.63, 3.8) is 0 Å². The molecule has 1 aliphatic rings. The van der Waals surface area contributed by atoms with E-state index in [2.05, 4.69) is 5.32 Å². The zero-order chi connectivity index (χ0) is 17.9. The number of amides is 2. The summed E-state index contributed by atoms with van der Waals surface area (Å²) in [5.41, 5.74) is 1.46. The van der Waals surface area contributed by atoms with Gasteiger partial charge in [-0.2, -0.15) is 0 Å². The van der Waals surface area contributed by atoms with Crippen LogP contribution in [-0.4, -0.2) is 23.3 Å². The zero-order valence-corrected chi connectivity index (χ0v) is 14.7. The molecule has 2 aromatic carbocycles. The Morgan fingerprint density at radius 3 is 2.36 bits per heavy atom. The van der Waals surface area contributed by atoms with E-state index in [0.717, 1.165) is 11.1 Å². The Labute approximate surface area is 148 Å². The zero-order valence-electron chi connectivity index (χ0n) is 14.7. The summed E-state index contributed by atoms with van der Waals surface area (Å²) in [5.74, 6) is -0.0263. The smallest absolute Gasteiger partial charge is 0.228 e. The normalized spacial score (nSPS) is 21.2. The summed E-state index contributed by atoms with van der Waals surface area (Å²) in [6.07, 6.45) is 0.257. The van der Waals surface area contributed by atoms with Gasteiger partial charge in [-0.15, -0.1) is 0 Å². The average Bonchev–Trinajstić information content (AvgIpc) is 2.91. The number of hydrogen-bond acceptors (Lipinski definition) is 2. The van der Waals surface area contributed by atoms with Gasteiger partial charge < -0.3 is 10.2 Å². The van der Waals surface area contributed by atoms with Gasteiger partial charge in [0.05, 0.1) is 11.5 Å². The minimum Gasteiger partial charge on any atom is -0.349 e. The average molecular weight is 336 g/mol. The first-order valence-electron chi connectivity index (χ1n) is 8.65. The van der Waals surface area contributed by atoms with Gasteiger partial charge >= 0.3 is 0 Å². The quantitative estimate of drug-likeness (QED) is 0.911. The van der Waals surface area contributed by atoms with Gasteiger partial charge in [-0.05, 0) is 25.0 Å². The second kappa shape index (κ2) is 7.09. The summed E-state index contributed by atoms with van der Waals surface area (Å²) in [6, 6.07) is 19.7. The van der Waals surface area contributed by atoms with E-state index in [1.165, 1.54) is 0 Å². The van der Waals surface area contributed by atoms with Crippen LogP contribution in [0.4, 0.5) is 0 Å². The maximum atomic E-state index is 12.8. The van der Waals surface area contributed by atoms with Gasteiger partial charge in [0.1, 0.15) is 0 Å². The highest BCUT2D eigenvalue weighted by Gasteiger charge is 2.45. The predicted octanol–water partition coefficient (Wildman–Crippen LogP) is 3.30. The van der Waals surface area contributed by atoms with E-state index in [-0.39, 0.29) is 24.3 Å². The fourth-order valence-corrected chi connectivity index (χ4v) is 3.31. The maximum absolute atomic E-state index is 12.8. The highest BCUT2D eigenvalue weighted by molar-refractivity contribution is 5.92. The molecule has 0 aliphatic carbocycles. The van der Waals surface area contributed by atoms with Gasteiger partial charge in [0.15, 0.2) is 0 Å². The van der Waals surface area contributed by atoms with E-state index in [9.17, 15) is 9.59 Å². The molecule has 0 spiro atoms. The van der Waals surface area contributed by atoms with Crippen LogP contribution in [0.2, 0.25) is 0 Å². The Balaban J connectivity index is 1.65.